The Morgan fingerprint density at radius 2 is 0.469 bits per heavy atom. The molecular weight excluding hydrogens is 1790 g/mol. The topological polar surface area (TPSA) is 771 Å². The van der Waals surface area contributed by atoms with E-state index in [2.05, 4.69) is 117 Å². The number of carbonyl (C=O) groups excluding carboxylic acids is 18. The lowest BCUT2D eigenvalue weighted by atomic mass is 9.97. The number of rotatable bonds is 24. The fraction of sp³-hybridized carbons (Fsp3) is 0.703. The second kappa shape index (κ2) is 58.2. The third kappa shape index (κ3) is 40.1. The molecule has 1 unspecified atom stereocenters. The van der Waals surface area contributed by atoms with Crippen LogP contribution in [-0.4, -0.2) is 302 Å². The molecule has 18 amide bonds. The van der Waals surface area contributed by atoms with Crippen LogP contribution in [0.3, 0.4) is 0 Å². The molecule has 0 radical (unpaired) electrons. The van der Waals surface area contributed by atoms with Crippen molar-refractivity contribution in [1.82, 2.24) is 117 Å². The molecule has 4 fully saturated rings. The van der Waals surface area contributed by atoms with Gasteiger partial charge in [-0.05, 0) is 75.0 Å². The Morgan fingerprint density at radius 1 is 0.273 bits per heavy atom. The van der Waals surface area contributed by atoms with Crippen LogP contribution in [0.1, 0.15) is 132 Å². The van der Waals surface area contributed by atoms with Crippen molar-refractivity contribution >= 4 is 195 Å². The molecule has 6 bridgehead atoms. The first kappa shape index (κ1) is 110. The molecule has 0 aliphatic carbocycles. The Labute approximate surface area is 765 Å². The van der Waals surface area contributed by atoms with E-state index in [0.717, 1.165) is 64.8 Å². The summed E-state index contributed by atoms with van der Waals surface area (Å²) in [6.45, 7) is 9.97. The van der Waals surface area contributed by atoms with E-state index in [9.17, 15) is 47.9 Å². The lowest BCUT2D eigenvalue weighted by Gasteiger charge is -2.30. The zero-order valence-corrected chi connectivity index (χ0v) is 77.8. The Morgan fingerprint density at radius 3 is 0.703 bits per heavy atom. The fourth-order valence-electron chi connectivity index (χ4n) is 12.5. The normalized spacial score (nSPS) is 26.7. The zero-order valence-electron chi connectivity index (χ0n) is 72.9. The summed E-state index contributed by atoms with van der Waals surface area (Å²) in [6.07, 6.45) is 0.130. The maximum Gasteiger partial charge on any atom is 0.244 e. The number of nitrogens with one attached hydrogen (secondary N) is 26. The minimum atomic E-state index is -1.75. The van der Waals surface area contributed by atoms with E-state index in [4.69, 9.17) is 44.6 Å². The van der Waals surface area contributed by atoms with E-state index in [-0.39, 0.29) is 103 Å². The number of fused-ring (bicyclic) bond motifs is 15. The summed E-state index contributed by atoms with van der Waals surface area (Å²) in [5.74, 6) is -25.0. The molecule has 18 atom stereocenters. The van der Waals surface area contributed by atoms with Crippen molar-refractivity contribution in [2.24, 2.45) is 46.6 Å². The summed E-state index contributed by atoms with van der Waals surface area (Å²) in [7, 11) is 5.10. The van der Waals surface area contributed by atoms with Gasteiger partial charge < -0.3 is 140 Å². The molecular formula is C74H128N30O18S6. The van der Waals surface area contributed by atoms with Crippen LogP contribution < -0.4 is 140 Å². The highest BCUT2D eigenvalue weighted by atomic mass is 33.1. The smallest absolute Gasteiger partial charge is 0.244 e. The van der Waals surface area contributed by atoms with Gasteiger partial charge >= 0.3 is 0 Å². The highest BCUT2D eigenvalue weighted by Crippen LogP contribution is 2.28. The first-order chi connectivity index (χ1) is 60.7. The first-order valence-electron chi connectivity index (χ1n) is 42.1. The van der Waals surface area contributed by atoms with Gasteiger partial charge in [-0.3, -0.25) is 108 Å². The van der Waals surface area contributed by atoms with Gasteiger partial charge in [-0.25, -0.2) is 0 Å². The van der Waals surface area contributed by atoms with Crippen LogP contribution in [0.4, 0.5) is 0 Å². The molecule has 4 rings (SSSR count). The van der Waals surface area contributed by atoms with Gasteiger partial charge in [0.05, 0.1) is 26.2 Å². The molecule has 4 saturated heterocycles. The maximum absolute atomic E-state index is 15.5. The van der Waals surface area contributed by atoms with Gasteiger partial charge in [0.15, 0.2) is 23.8 Å². The third-order valence-corrected chi connectivity index (χ3v) is 28.1. The molecule has 0 aromatic rings. The SMILES string of the molecule is CC[C@H](C)[C@@H]1NC(=O)CNC(=O)C(CCCNC(=N)N)NC(=O)CNC(=O)[C@@H]2CSSC[C@H](NC1=O)C(=O)N[C@@H](CCCNC(=N)N)C(=O)N[C@H]1CSSC[C@H](NC(=O)[C@H](CCCNC(=N)N)NC(=O)[C@@H]3CSSC[C@H](NC(=O)[C@H]([C@@H](C)CC)NC1=O)C(=O)NCC(=O)N[C@@H](CCCNC(=N)N)C(=O)NCC(=O)N[C@@H]([C@@H](C)CC)C(=O)N3)C(=O)N[C@@H]([C@@H](C)CC)C(=O)N2. The lowest BCUT2D eigenvalue weighted by molar-refractivity contribution is -0.136. The molecule has 718 valence electrons. The zero-order chi connectivity index (χ0) is 95.3. The van der Waals surface area contributed by atoms with Gasteiger partial charge in [0, 0.05) is 60.7 Å². The van der Waals surface area contributed by atoms with E-state index in [1.54, 1.807) is 55.4 Å². The second-order valence-electron chi connectivity index (χ2n) is 30.8. The average molecular weight is 1920 g/mol. The molecule has 4 aliphatic heterocycles. The van der Waals surface area contributed by atoms with Gasteiger partial charge in [0.25, 0.3) is 0 Å². The maximum atomic E-state index is 15.5. The lowest BCUT2D eigenvalue weighted by Crippen LogP contribution is -2.62. The number of guanidine groups is 4. The molecule has 48 nitrogen and oxygen atoms in total. The van der Waals surface area contributed by atoms with E-state index in [1.807, 2.05) is 0 Å². The Hall–Kier alpha value is -10.4. The molecule has 128 heavy (non-hydrogen) atoms. The predicted molar refractivity (Wildman–Crippen MR) is 488 cm³/mol. The molecule has 54 heteroatoms. The molecule has 4 aliphatic rings. The molecule has 34 N–H and O–H groups in total. The van der Waals surface area contributed by atoms with Crippen molar-refractivity contribution in [1.29, 1.82) is 21.6 Å². The average Bonchev–Trinajstić information content (AvgIpc) is 0.849. The minimum Gasteiger partial charge on any atom is -0.370 e. The highest BCUT2D eigenvalue weighted by molar-refractivity contribution is 8.77. The number of hydrogen-bond acceptors (Lipinski definition) is 28. The van der Waals surface area contributed by atoms with Crippen LogP contribution in [0.5, 0.6) is 0 Å². The van der Waals surface area contributed by atoms with Crippen LogP contribution in [0.15, 0.2) is 0 Å². The molecule has 4 heterocycles. The minimum absolute atomic E-state index is 0.0384. The Bertz CT molecular complexity index is 3670. The van der Waals surface area contributed by atoms with Gasteiger partial charge in [-0.1, -0.05) is 146 Å². The van der Waals surface area contributed by atoms with Gasteiger partial charge in [0.2, 0.25) is 106 Å². The Kier molecular flexibility index (Phi) is 50.0. The number of amides is 18. The Balaban J connectivity index is 2.11. The monoisotopic (exact) mass is 1920 g/mol. The summed E-state index contributed by atoms with van der Waals surface area (Å²) in [5.41, 5.74) is 22.3. The summed E-state index contributed by atoms with van der Waals surface area (Å²) in [6, 6.07) is -22.3. The van der Waals surface area contributed by atoms with E-state index < -0.39 is 299 Å². The van der Waals surface area contributed by atoms with Crippen molar-refractivity contribution in [3.63, 3.8) is 0 Å². The summed E-state index contributed by atoms with van der Waals surface area (Å²) in [5, 5.41) is 88.4. The standard InChI is InChI=1S/C74H128N30O18S6/c1-9-35(5)53-67(119)99-45-31-125-123-29-43(59(111)89-25-49(105)91-39(17-13-21-83-71(75)76)57(109)87-27-51(107)101-53)97-69(121)55(37(7)11-3)104-66(118)48-34-128-127-33-47(95-61(113)41(93-63(45)115)19-15-23-85-73(79)80)65(117)103-56(38(8)12-4)70(122)98-44-30-124-126-32-46(64(116)94-42(62(114)96-48)20-16-24-86-74(81)82)100-68(120)54(36(6)10-2)102-52(108)28-88-58(110)40(18-14-22-84-72(77)78)92-50(106)26-90-60(44)112/h35-48,53-56H,9-34H2,1-8H3,(H,87,109)(H,88,110)(H,89,111)(H,90,112)(H,91,105)(H,92,106)(H,93,115)(H,94,116)(H,95,113)(H,96,114)(H,97,121)(H,98,122)(H,99,119)(H,100,120)(H,101,107)(H,102,108)(H,103,117)(H,104,118)(H4,75,76,83)(H4,77,78,84)(H4,79,80,85)(H4,81,82,86)/t35-,36-,37-,38-,39-,40?,41-,42-,43-,44-,45-,46-,47-,48-,53-,54-,55-,56-/m0/s1. The first-order valence-corrected chi connectivity index (χ1v) is 49.5. The van der Waals surface area contributed by atoms with Crippen molar-refractivity contribution in [3.05, 3.63) is 0 Å². The summed E-state index contributed by atoms with van der Waals surface area (Å²) < 4.78 is 0. The van der Waals surface area contributed by atoms with Gasteiger partial charge in [-0.15, -0.1) is 0 Å². The van der Waals surface area contributed by atoms with E-state index in [1.165, 1.54) is 0 Å². The van der Waals surface area contributed by atoms with E-state index in [0.29, 0.717) is 0 Å². The van der Waals surface area contributed by atoms with Gasteiger partial charge in [0.1, 0.15) is 84.6 Å². The summed E-state index contributed by atoms with van der Waals surface area (Å²) >= 11 is 0. The number of nitrogens with two attached hydrogens (primary N) is 4. The van der Waals surface area contributed by atoms with Gasteiger partial charge in [-0.2, -0.15) is 0 Å². The number of carbonyl (C=O) groups is 18. The summed E-state index contributed by atoms with van der Waals surface area (Å²) in [4.78, 5) is 265. The van der Waals surface area contributed by atoms with Crippen LogP contribution in [0.25, 0.3) is 0 Å². The quantitative estimate of drug-likeness (QED) is 0.0185. The second-order valence-corrected chi connectivity index (χ2v) is 38.5. The van der Waals surface area contributed by atoms with E-state index >= 15 is 38.4 Å². The van der Waals surface area contributed by atoms with Crippen LogP contribution in [-0.2, 0) is 86.3 Å². The third-order valence-electron chi connectivity index (χ3n) is 20.9. The predicted octanol–water partition coefficient (Wildman–Crippen LogP) is -8.33. The molecule has 0 spiro atoms. The van der Waals surface area contributed by atoms with Crippen LogP contribution in [0, 0.1) is 45.3 Å². The van der Waals surface area contributed by atoms with Crippen LogP contribution >= 0.6 is 64.8 Å². The molecule has 0 aromatic heterocycles. The molecule has 0 aromatic carbocycles. The fourth-order valence-corrected chi connectivity index (χ4v) is 19.5. The number of hydrogen-bond donors (Lipinski definition) is 30. The van der Waals surface area contributed by atoms with Crippen molar-refractivity contribution in [2.45, 2.75) is 217 Å². The van der Waals surface area contributed by atoms with Crippen LogP contribution in [0.2, 0.25) is 0 Å². The van der Waals surface area contributed by atoms with Crippen molar-refractivity contribution < 1.29 is 86.3 Å². The van der Waals surface area contributed by atoms with Crippen molar-refractivity contribution in [3.8, 4) is 0 Å². The molecule has 0 saturated carbocycles. The largest absolute Gasteiger partial charge is 0.370 e. The highest BCUT2D eigenvalue weighted by Gasteiger charge is 2.41. The van der Waals surface area contributed by atoms with Crippen molar-refractivity contribution in [2.75, 3.05) is 86.9 Å².